The number of nitrogens with two attached hydrogens (primary N) is 1. The Morgan fingerprint density at radius 3 is 2.45 bits per heavy atom. The maximum Gasteiger partial charge on any atom is 0.0589 e. The molecule has 1 aliphatic rings. The smallest absolute Gasteiger partial charge is 0.0589 e. The Morgan fingerprint density at radius 1 is 1.25 bits per heavy atom. The van der Waals surface area contributed by atoms with Gasteiger partial charge in [0.2, 0.25) is 0 Å². The molecule has 0 heterocycles. The van der Waals surface area contributed by atoms with Crippen LogP contribution < -0.4 is 5.73 Å². The minimum atomic E-state index is 0.206. The zero-order chi connectivity index (χ0) is 15.2. The molecule has 0 amide bonds. The molecule has 20 heavy (non-hydrogen) atoms. The molecule has 3 atom stereocenters. The summed E-state index contributed by atoms with van der Waals surface area (Å²) in [4.78, 5) is 2.39. The van der Waals surface area contributed by atoms with Crippen LogP contribution in [-0.4, -0.2) is 56.0 Å². The first-order chi connectivity index (χ1) is 9.43. The van der Waals surface area contributed by atoms with Crippen LogP contribution in [0.25, 0.3) is 0 Å². The van der Waals surface area contributed by atoms with Gasteiger partial charge in [0.1, 0.15) is 0 Å². The number of nitrogens with zero attached hydrogens (tertiary/aromatic N) is 1. The molecule has 1 aliphatic carbocycles. The number of aliphatic hydroxyl groups excluding tert-OH is 1. The van der Waals surface area contributed by atoms with Crippen LogP contribution in [0.1, 0.15) is 40.0 Å². The van der Waals surface area contributed by atoms with Gasteiger partial charge >= 0.3 is 0 Å². The summed E-state index contributed by atoms with van der Waals surface area (Å²) in [5.41, 5.74) is 6.34. The molecule has 1 rings (SSSR count). The molecule has 0 aromatic carbocycles. The van der Waals surface area contributed by atoms with Gasteiger partial charge in [-0.05, 0) is 43.1 Å². The van der Waals surface area contributed by atoms with Gasteiger partial charge in [-0.3, -0.25) is 4.90 Å². The Balaban J connectivity index is 2.76. The highest BCUT2D eigenvalue weighted by Crippen LogP contribution is 2.41. The second kappa shape index (κ2) is 8.32. The summed E-state index contributed by atoms with van der Waals surface area (Å²) in [6.07, 6.45) is 3.67. The predicted molar refractivity (Wildman–Crippen MR) is 83.7 cm³/mol. The molecule has 4 nitrogen and oxygen atoms in total. The molecule has 4 heteroatoms. The van der Waals surface area contributed by atoms with E-state index in [2.05, 4.69) is 25.7 Å². The second-order valence-electron chi connectivity index (χ2n) is 7.19. The van der Waals surface area contributed by atoms with Crippen molar-refractivity contribution in [2.75, 3.05) is 40.0 Å². The predicted octanol–water partition coefficient (Wildman–Crippen LogP) is 1.72. The van der Waals surface area contributed by atoms with Crippen molar-refractivity contribution in [1.29, 1.82) is 0 Å². The molecule has 1 fully saturated rings. The highest BCUT2D eigenvalue weighted by molar-refractivity contribution is 4.91. The van der Waals surface area contributed by atoms with Gasteiger partial charge in [0.15, 0.2) is 0 Å². The minimum Gasteiger partial charge on any atom is -0.395 e. The number of methoxy groups -OCH3 is 1. The Bertz CT molecular complexity index is 266. The molecule has 0 bridgehead atoms. The van der Waals surface area contributed by atoms with E-state index in [0.717, 1.165) is 25.6 Å². The van der Waals surface area contributed by atoms with E-state index in [9.17, 15) is 5.11 Å². The molecule has 0 aromatic heterocycles. The Hall–Kier alpha value is -0.160. The van der Waals surface area contributed by atoms with E-state index in [4.69, 9.17) is 10.5 Å². The molecule has 0 spiro atoms. The first kappa shape index (κ1) is 17.9. The van der Waals surface area contributed by atoms with Crippen molar-refractivity contribution in [3.05, 3.63) is 0 Å². The van der Waals surface area contributed by atoms with Crippen LogP contribution in [0.4, 0.5) is 0 Å². The molecule has 0 saturated heterocycles. The fourth-order valence-electron chi connectivity index (χ4n) is 3.50. The topological polar surface area (TPSA) is 58.7 Å². The molecule has 1 saturated carbocycles. The standard InChI is InChI=1S/C16H34N2O2/c1-16(2,3)14-6-5-13(12-17)15(11-14)18(7-9-19)8-10-20-4/h13-15,19H,5-12,17H2,1-4H3. The molecule has 120 valence electrons. The first-order valence-corrected chi connectivity index (χ1v) is 7.98. The van der Waals surface area contributed by atoms with Crippen molar-refractivity contribution in [2.45, 2.75) is 46.1 Å². The van der Waals surface area contributed by atoms with Crippen LogP contribution in [0.15, 0.2) is 0 Å². The fraction of sp³-hybridized carbons (Fsp3) is 1.00. The van der Waals surface area contributed by atoms with Crippen LogP contribution in [0.5, 0.6) is 0 Å². The quantitative estimate of drug-likeness (QED) is 0.748. The van der Waals surface area contributed by atoms with Crippen molar-refractivity contribution in [1.82, 2.24) is 4.90 Å². The van der Waals surface area contributed by atoms with E-state index < -0.39 is 0 Å². The molecule has 0 aromatic rings. The van der Waals surface area contributed by atoms with Crippen LogP contribution in [0, 0.1) is 17.3 Å². The SMILES string of the molecule is COCCN(CCO)C1CC(C(C)(C)C)CCC1CN. The summed E-state index contributed by atoms with van der Waals surface area (Å²) < 4.78 is 5.22. The summed E-state index contributed by atoms with van der Waals surface area (Å²) in [7, 11) is 1.73. The zero-order valence-corrected chi connectivity index (χ0v) is 13.8. The zero-order valence-electron chi connectivity index (χ0n) is 13.8. The van der Waals surface area contributed by atoms with Crippen molar-refractivity contribution < 1.29 is 9.84 Å². The summed E-state index contributed by atoms with van der Waals surface area (Å²) in [6.45, 7) is 10.3. The summed E-state index contributed by atoms with van der Waals surface area (Å²) in [6, 6.07) is 0.486. The fourth-order valence-corrected chi connectivity index (χ4v) is 3.50. The van der Waals surface area contributed by atoms with E-state index in [0.29, 0.717) is 24.0 Å². The maximum absolute atomic E-state index is 9.34. The minimum absolute atomic E-state index is 0.206. The number of rotatable bonds is 7. The number of aliphatic hydroxyl groups is 1. The highest BCUT2D eigenvalue weighted by atomic mass is 16.5. The lowest BCUT2D eigenvalue weighted by atomic mass is 9.67. The molecular weight excluding hydrogens is 252 g/mol. The third-order valence-corrected chi connectivity index (χ3v) is 4.92. The Morgan fingerprint density at radius 2 is 1.95 bits per heavy atom. The molecule has 0 radical (unpaired) electrons. The average Bonchev–Trinajstić information content (AvgIpc) is 2.41. The second-order valence-corrected chi connectivity index (χ2v) is 7.19. The monoisotopic (exact) mass is 286 g/mol. The summed E-state index contributed by atoms with van der Waals surface area (Å²) >= 11 is 0. The normalized spacial score (nSPS) is 28.1. The van der Waals surface area contributed by atoms with Crippen molar-refractivity contribution in [2.24, 2.45) is 23.0 Å². The molecule has 0 aliphatic heterocycles. The van der Waals surface area contributed by atoms with E-state index in [-0.39, 0.29) is 6.61 Å². The third kappa shape index (κ3) is 4.99. The van der Waals surface area contributed by atoms with Gasteiger partial charge in [-0.15, -0.1) is 0 Å². The van der Waals surface area contributed by atoms with Gasteiger partial charge < -0.3 is 15.6 Å². The van der Waals surface area contributed by atoms with Crippen molar-refractivity contribution in [3.63, 3.8) is 0 Å². The van der Waals surface area contributed by atoms with Crippen molar-refractivity contribution in [3.8, 4) is 0 Å². The van der Waals surface area contributed by atoms with Crippen LogP contribution in [-0.2, 0) is 4.74 Å². The van der Waals surface area contributed by atoms with E-state index in [1.807, 2.05) is 0 Å². The molecule has 3 N–H and O–H groups in total. The first-order valence-electron chi connectivity index (χ1n) is 7.98. The van der Waals surface area contributed by atoms with E-state index in [1.54, 1.807) is 7.11 Å². The van der Waals surface area contributed by atoms with E-state index in [1.165, 1.54) is 19.3 Å². The lowest BCUT2D eigenvalue weighted by Crippen LogP contribution is -2.50. The van der Waals surface area contributed by atoms with Gasteiger partial charge in [0.25, 0.3) is 0 Å². The Kier molecular flexibility index (Phi) is 7.45. The van der Waals surface area contributed by atoms with E-state index >= 15 is 0 Å². The Labute approximate surface area is 124 Å². The largest absolute Gasteiger partial charge is 0.395 e. The average molecular weight is 286 g/mol. The van der Waals surface area contributed by atoms with Gasteiger partial charge in [-0.2, -0.15) is 0 Å². The summed E-state index contributed by atoms with van der Waals surface area (Å²) in [5, 5.41) is 9.34. The van der Waals surface area contributed by atoms with Crippen LogP contribution in [0.3, 0.4) is 0 Å². The van der Waals surface area contributed by atoms with Crippen LogP contribution in [0.2, 0.25) is 0 Å². The molecular formula is C16H34N2O2. The maximum atomic E-state index is 9.34. The lowest BCUT2D eigenvalue weighted by Gasteiger charge is -2.46. The van der Waals surface area contributed by atoms with Gasteiger partial charge in [0, 0.05) is 26.2 Å². The lowest BCUT2D eigenvalue weighted by molar-refractivity contribution is 0.0223. The van der Waals surface area contributed by atoms with Gasteiger partial charge in [-0.25, -0.2) is 0 Å². The number of hydrogen-bond acceptors (Lipinski definition) is 4. The van der Waals surface area contributed by atoms with Crippen LogP contribution >= 0.6 is 0 Å². The summed E-state index contributed by atoms with van der Waals surface area (Å²) in [5.74, 6) is 1.29. The molecule has 3 unspecified atom stereocenters. The highest BCUT2D eigenvalue weighted by Gasteiger charge is 2.37. The third-order valence-electron chi connectivity index (χ3n) is 4.92. The van der Waals surface area contributed by atoms with Crippen molar-refractivity contribution >= 4 is 0 Å². The number of ether oxygens (including phenoxy) is 1. The van der Waals surface area contributed by atoms with Gasteiger partial charge in [0.05, 0.1) is 13.2 Å². The van der Waals surface area contributed by atoms with Gasteiger partial charge in [-0.1, -0.05) is 20.8 Å². The number of hydrogen-bond donors (Lipinski definition) is 2.